The molecule has 1 aromatic carbocycles. The Kier molecular flexibility index (Phi) is 6.32. The van der Waals surface area contributed by atoms with Crippen LogP contribution < -0.4 is 10.1 Å². The maximum atomic E-state index is 12.1. The van der Waals surface area contributed by atoms with E-state index in [1.54, 1.807) is 31.4 Å². The number of amides is 1. The molecule has 3 rings (SSSR count). The van der Waals surface area contributed by atoms with Crippen molar-refractivity contribution in [2.45, 2.75) is 25.8 Å². The van der Waals surface area contributed by atoms with Gasteiger partial charge in [-0.2, -0.15) is 4.98 Å². The number of nitrogens with zero attached hydrogens (tertiary/aromatic N) is 2. The van der Waals surface area contributed by atoms with Crippen LogP contribution in [-0.4, -0.2) is 28.9 Å². The number of thiophene rings is 1. The van der Waals surface area contributed by atoms with Crippen LogP contribution in [0.3, 0.4) is 0 Å². The fourth-order valence-corrected chi connectivity index (χ4v) is 3.08. The number of methoxy groups -OCH3 is 1. The average molecular weight is 385 g/mol. The zero-order chi connectivity index (χ0) is 19.1. The van der Waals surface area contributed by atoms with Crippen LogP contribution in [0.2, 0.25) is 0 Å². The summed E-state index contributed by atoms with van der Waals surface area (Å²) in [4.78, 5) is 29.2. The number of ketones is 1. The van der Waals surface area contributed by atoms with Crippen molar-refractivity contribution < 1.29 is 18.8 Å². The third kappa shape index (κ3) is 5.24. The van der Waals surface area contributed by atoms with E-state index < -0.39 is 0 Å². The van der Waals surface area contributed by atoms with E-state index in [0.29, 0.717) is 35.9 Å². The molecule has 0 unspecified atom stereocenters. The second-order valence-corrected chi connectivity index (χ2v) is 6.72. The van der Waals surface area contributed by atoms with E-state index in [1.165, 1.54) is 11.3 Å². The first kappa shape index (κ1) is 18.8. The van der Waals surface area contributed by atoms with E-state index in [-0.39, 0.29) is 24.7 Å². The molecular weight excluding hydrogens is 366 g/mol. The Bertz CT molecular complexity index is 888. The minimum absolute atomic E-state index is 0.00273. The number of benzene rings is 1. The van der Waals surface area contributed by atoms with Crippen molar-refractivity contribution in [1.82, 2.24) is 15.5 Å². The molecule has 8 heteroatoms. The lowest BCUT2D eigenvalue weighted by atomic mass is 10.1. The fraction of sp³-hybridized carbons (Fsp3) is 0.263. The third-order valence-corrected chi connectivity index (χ3v) is 4.73. The Morgan fingerprint density at radius 3 is 2.70 bits per heavy atom. The summed E-state index contributed by atoms with van der Waals surface area (Å²) in [6, 6.07) is 10.7. The lowest BCUT2D eigenvalue weighted by Crippen LogP contribution is -2.22. The van der Waals surface area contributed by atoms with Crippen LogP contribution in [0.5, 0.6) is 5.75 Å². The summed E-state index contributed by atoms with van der Waals surface area (Å²) in [5, 5.41) is 8.54. The second-order valence-electron chi connectivity index (χ2n) is 5.77. The molecule has 0 saturated heterocycles. The lowest BCUT2D eigenvalue weighted by molar-refractivity contribution is -0.121. The number of ether oxygens (including phenoxy) is 1. The second kappa shape index (κ2) is 9.09. The standard InChI is InChI=1S/C19H19N3O4S/c1-25-14-9-7-13(8-10-14)15(23)4-2-6-17(24)20-12-18-21-19(22-26-18)16-5-3-11-27-16/h3,5,7-11H,2,4,6,12H2,1H3,(H,20,24). The summed E-state index contributed by atoms with van der Waals surface area (Å²) < 4.78 is 10.2. The Morgan fingerprint density at radius 1 is 1.19 bits per heavy atom. The molecule has 0 spiro atoms. The van der Waals surface area contributed by atoms with Gasteiger partial charge in [-0.1, -0.05) is 11.2 Å². The first-order valence-corrected chi connectivity index (χ1v) is 9.34. The van der Waals surface area contributed by atoms with Crippen molar-refractivity contribution in [3.63, 3.8) is 0 Å². The fourth-order valence-electron chi connectivity index (χ4n) is 2.43. The Balaban J connectivity index is 1.39. The minimum atomic E-state index is -0.159. The molecule has 2 heterocycles. The predicted molar refractivity (Wildman–Crippen MR) is 101 cm³/mol. The third-order valence-electron chi connectivity index (χ3n) is 3.87. The van der Waals surface area contributed by atoms with Crippen molar-refractivity contribution in [1.29, 1.82) is 0 Å². The van der Waals surface area contributed by atoms with E-state index in [2.05, 4.69) is 15.5 Å². The lowest BCUT2D eigenvalue weighted by Gasteiger charge is -2.04. The smallest absolute Gasteiger partial charge is 0.246 e. The average Bonchev–Trinajstić information content (AvgIpc) is 3.38. The van der Waals surface area contributed by atoms with E-state index in [9.17, 15) is 9.59 Å². The molecular formula is C19H19N3O4S. The van der Waals surface area contributed by atoms with Crippen LogP contribution in [0, 0.1) is 0 Å². The largest absolute Gasteiger partial charge is 0.497 e. The van der Waals surface area contributed by atoms with Crippen LogP contribution in [0.25, 0.3) is 10.7 Å². The molecule has 1 amide bonds. The Labute approximate surface area is 160 Å². The van der Waals surface area contributed by atoms with Crippen LogP contribution in [0.4, 0.5) is 0 Å². The van der Waals surface area contributed by atoms with Gasteiger partial charge < -0.3 is 14.6 Å². The highest BCUT2D eigenvalue weighted by molar-refractivity contribution is 7.13. The number of nitrogens with one attached hydrogen (secondary N) is 1. The molecule has 1 N–H and O–H groups in total. The first-order chi connectivity index (χ1) is 13.2. The van der Waals surface area contributed by atoms with Crippen molar-refractivity contribution in [3.05, 3.63) is 53.2 Å². The number of aromatic nitrogens is 2. The molecule has 0 aliphatic heterocycles. The Morgan fingerprint density at radius 2 is 2.00 bits per heavy atom. The molecule has 0 aliphatic rings. The molecule has 7 nitrogen and oxygen atoms in total. The topological polar surface area (TPSA) is 94.3 Å². The van der Waals surface area contributed by atoms with Gasteiger partial charge in [0.2, 0.25) is 17.6 Å². The number of rotatable bonds is 9. The molecule has 0 fully saturated rings. The molecule has 0 bridgehead atoms. The zero-order valence-electron chi connectivity index (χ0n) is 14.8. The highest BCUT2D eigenvalue weighted by Crippen LogP contribution is 2.21. The molecule has 140 valence electrons. The molecule has 2 aromatic heterocycles. The van der Waals surface area contributed by atoms with Gasteiger partial charge >= 0.3 is 0 Å². The van der Waals surface area contributed by atoms with Gasteiger partial charge in [0.05, 0.1) is 18.5 Å². The molecule has 0 aliphatic carbocycles. The normalized spacial score (nSPS) is 10.6. The highest BCUT2D eigenvalue weighted by Gasteiger charge is 2.11. The maximum Gasteiger partial charge on any atom is 0.246 e. The van der Waals surface area contributed by atoms with E-state index in [0.717, 1.165) is 4.88 Å². The van der Waals surface area contributed by atoms with Gasteiger partial charge in [0.1, 0.15) is 5.75 Å². The SMILES string of the molecule is COc1ccc(C(=O)CCCC(=O)NCc2nc(-c3cccs3)no2)cc1. The Hall–Kier alpha value is -3.00. The van der Waals surface area contributed by atoms with Crippen molar-refractivity contribution in [2.75, 3.05) is 7.11 Å². The van der Waals surface area contributed by atoms with Crippen LogP contribution >= 0.6 is 11.3 Å². The van der Waals surface area contributed by atoms with Gasteiger partial charge in [-0.3, -0.25) is 9.59 Å². The summed E-state index contributed by atoms with van der Waals surface area (Å²) in [6.45, 7) is 0.170. The highest BCUT2D eigenvalue weighted by atomic mass is 32.1. The van der Waals surface area contributed by atoms with E-state index in [1.807, 2.05) is 17.5 Å². The summed E-state index contributed by atoms with van der Waals surface area (Å²) in [5.74, 6) is 1.41. The number of hydrogen-bond acceptors (Lipinski definition) is 7. The van der Waals surface area contributed by atoms with Crippen LogP contribution in [0.15, 0.2) is 46.3 Å². The first-order valence-electron chi connectivity index (χ1n) is 8.46. The quantitative estimate of drug-likeness (QED) is 0.567. The van der Waals surface area contributed by atoms with Crippen LogP contribution in [-0.2, 0) is 11.3 Å². The molecule has 0 radical (unpaired) electrons. The number of carbonyl (C=O) groups is 2. The van der Waals surface area contributed by atoms with Gasteiger partial charge in [0.15, 0.2) is 5.78 Å². The monoisotopic (exact) mass is 385 g/mol. The van der Waals surface area contributed by atoms with Gasteiger partial charge in [-0.25, -0.2) is 0 Å². The zero-order valence-corrected chi connectivity index (χ0v) is 15.6. The van der Waals surface area contributed by atoms with Gasteiger partial charge in [0, 0.05) is 18.4 Å². The summed E-state index contributed by atoms with van der Waals surface area (Å²) in [7, 11) is 1.58. The molecule has 3 aromatic rings. The molecule has 0 atom stereocenters. The van der Waals surface area contributed by atoms with Gasteiger partial charge in [-0.15, -0.1) is 11.3 Å². The van der Waals surface area contributed by atoms with E-state index in [4.69, 9.17) is 9.26 Å². The number of Topliss-reactive ketones (excluding diaryl/α,β-unsaturated/α-hetero) is 1. The van der Waals surface area contributed by atoms with E-state index >= 15 is 0 Å². The van der Waals surface area contributed by atoms with Gasteiger partial charge in [0.25, 0.3) is 0 Å². The summed E-state index contributed by atoms with van der Waals surface area (Å²) >= 11 is 1.52. The minimum Gasteiger partial charge on any atom is -0.497 e. The molecule has 27 heavy (non-hydrogen) atoms. The van der Waals surface area contributed by atoms with Crippen molar-refractivity contribution in [2.24, 2.45) is 0 Å². The maximum absolute atomic E-state index is 12.1. The number of carbonyl (C=O) groups excluding carboxylic acids is 2. The van der Waals surface area contributed by atoms with Crippen molar-refractivity contribution in [3.8, 4) is 16.5 Å². The summed E-state index contributed by atoms with van der Waals surface area (Å²) in [5.41, 5.74) is 0.614. The summed E-state index contributed by atoms with van der Waals surface area (Å²) in [6.07, 6.45) is 1.04. The molecule has 0 saturated carbocycles. The predicted octanol–water partition coefficient (Wildman–Crippen LogP) is 3.48. The van der Waals surface area contributed by atoms with Crippen molar-refractivity contribution >= 4 is 23.0 Å². The van der Waals surface area contributed by atoms with Crippen LogP contribution in [0.1, 0.15) is 35.5 Å². The number of hydrogen-bond donors (Lipinski definition) is 1. The van der Waals surface area contributed by atoms with Gasteiger partial charge in [-0.05, 0) is 42.1 Å².